The molecule has 0 saturated carbocycles. The minimum Gasteiger partial charge on any atom is -0.455 e. The van der Waals surface area contributed by atoms with Crippen LogP contribution in [0.3, 0.4) is 0 Å². The lowest BCUT2D eigenvalue weighted by atomic mass is 10.0. The summed E-state index contributed by atoms with van der Waals surface area (Å²) in [6, 6.07) is 11.8. The van der Waals surface area contributed by atoms with Gasteiger partial charge in [-0.25, -0.2) is 14.8 Å². The number of ether oxygens (including phenoxy) is 1. The molecule has 2 amide bonds. The largest absolute Gasteiger partial charge is 0.455 e. The molecular formula is C33H37N7O4S. The van der Waals surface area contributed by atoms with Crippen LogP contribution in [0.1, 0.15) is 63.3 Å². The van der Waals surface area contributed by atoms with Gasteiger partial charge in [0.05, 0.1) is 52.6 Å². The van der Waals surface area contributed by atoms with Crippen molar-refractivity contribution in [3.05, 3.63) is 60.4 Å². The van der Waals surface area contributed by atoms with Crippen molar-refractivity contribution in [3.8, 4) is 33.2 Å². The summed E-state index contributed by atoms with van der Waals surface area (Å²) in [5.41, 5.74) is 4.73. The molecule has 45 heavy (non-hydrogen) atoms. The molecule has 2 aliphatic rings. The molecule has 4 aromatic heterocycles. The lowest BCUT2D eigenvalue weighted by Gasteiger charge is -2.30. The first-order valence-corrected chi connectivity index (χ1v) is 16.3. The SMILES string of the molecule is COC(=O)N[C@H](C(=O)N1CCCC1c1ncc(-c2ccc(-c3cc4sc(-c5cnc(C6CCCN6)[nH]5)cc4o3)cc2)[nH]1)C(C)C. The molecule has 3 atom stereocenters. The van der Waals surface area contributed by atoms with E-state index < -0.39 is 12.1 Å². The Morgan fingerprint density at radius 3 is 2.51 bits per heavy atom. The molecule has 0 bridgehead atoms. The number of methoxy groups -OCH3 is 1. The number of carbonyl (C=O) groups excluding carboxylic acids is 2. The molecule has 6 heterocycles. The number of fused-ring (bicyclic) bond motifs is 1. The van der Waals surface area contributed by atoms with E-state index in [2.05, 4.69) is 42.7 Å². The number of amides is 2. The third-order valence-corrected chi connectivity index (χ3v) is 9.87. The molecule has 234 valence electrons. The number of hydrogen-bond acceptors (Lipinski definition) is 8. The monoisotopic (exact) mass is 627 g/mol. The highest BCUT2D eigenvalue weighted by Crippen LogP contribution is 2.39. The zero-order valence-corrected chi connectivity index (χ0v) is 26.4. The van der Waals surface area contributed by atoms with Crippen LogP contribution in [-0.4, -0.2) is 63.1 Å². The van der Waals surface area contributed by atoms with Crippen LogP contribution in [0.15, 0.2) is 53.2 Å². The van der Waals surface area contributed by atoms with Crippen LogP contribution in [0.25, 0.3) is 43.4 Å². The van der Waals surface area contributed by atoms with Crippen LogP contribution in [0, 0.1) is 5.92 Å². The van der Waals surface area contributed by atoms with E-state index in [9.17, 15) is 9.59 Å². The number of rotatable bonds is 8. The van der Waals surface area contributed by atoms with Gasteiger partial charge in [0.2, 0.25) is 5.91 Å². The minimum atomic E-state index is -0.666. The fraction of sp³-hybridized carbons (Fsp3) is 0.394. The van der Waals surface area contributed by atoms with Gasteiger partial charge in [0, 0.05) is 24.2 Å². The maximum absolute atomic E-state index is 13.5. The van der Waals surface area contributed by atoms with Crippen LogP contribution in [-0.2, 0) is 9.53 Å². The summed E-state index contributed by atoms with van der Waals surface area (Å²) < 4.78 is 12.1. The summed E-state index contributed by atoms with van der Waals surface area (Å²) in [6.07, 6.45) is 7.07. The Bertz CT molecular complexity index is 1780. The number of hydrogen-bond donors (Lipinski definition) is 4. The molecule has 2 saturated heterocycles. The van der Waals surface area contributed by atoms with Crippen LogP contribution in [0.4, 0.5) is 4.79 Å². The van der Waals surface area contributed by atoms with Gasteiger partial charge in [0.15, 0.2) is 0 Å². The van der Waals surface area contributed by atoms with Gasteiger partial charge >= 0.3 is 6.09 Å². The molecule has 5 aromatic rings. The number of H-pyrrole nitrogens is 2. The van der Waals surface area contributed by atoms with Crippen LogP contribution in [0.2, 0.25) is 0 Å². The molecule has 2 unspecified atom stereocenters. The van der Waals surface area contributed by atoms with Crippen molar-refractivity contribution in [2.75, 3.05) is 20.2 Å². The van der Waals surface area contributed by atoms with Crippen molar-refractivity contribution in [1.29, 1.82) is 0 Å². The van der Waals surface area contributed by atoms with Gasteiger partial charge in [-0.2, -0.15) is 0 Å². The number of likely N-dealkylation sites (tertiary alicyclic amines) is 1. The Morgan fingerprint density at radius 2 is 1.78 bits per heavy atom. The smallest absolute Gasteiger partial charge is 0.407 e. The molecule has 12 heteroatoms. The van der Waals surface area contributed by atoms with Crippen LogP contribution < -0.4 is 10.6 Å². The highest BCUT2D eigenvalue weighted by atomic mass is 32.1. The first-order valence-electron chi connectivity index (χ1n) is 15.5. The number of imidazole rings is 2. The number of carbonyl (C=O) groups is 2. The summed E-state index contributed by atoms with van der Waals surface area (Å²) in [5, 5.41) is 6.18. The summed E-state index contributed by atoms with van der Waals surface area (Å²) in [4.78, 5) is 44.5. The highest BCUT2D eigenvalue weighted by Gasteiger charge is 2.37. The van der Waals surface area contributed by atoms with E-state index in [0.717, 1.165) is 80.9 Å². The summed E-state index contributed by atoms with van der Waals surface area (Å²) >= 11 is 1.69. The predicted molar refractivity (Wildman–Crippen MR) is 173 cm³/mol. The van der Waals surface area contributed by atoms with Crippen molar-refractivity contribution >= 4 is 33.6 Å². The van der Waals surface area contributed by atoms with Gasteiger partial charge in [-0.1, -0.05) is 38.1 Å². The van der Waals surface area contributed by atoms with Crippen molar-refractivity contribution in [1.82, 2.24) is 35.5 Å². The van der Waals surface area contributed by atoms with E-state index in [1.54, 1.807) is 11.3 Å². The summed E-state index contributed by atoms with van der Waals surface area (Å²) in [5.74, 6) is 2.35. The molecule has 2 aliphatic heterocycles. The number of benzene rings is 1. The number of aromatic nitrogens is 4. The average Bonchev–Trinajstić information content (AvgIpc) is 3.86. The quantitative estimate of drug-likeness (QED) is 0.156. The van der Waals surface area contributed by atoms with Gasteiger partial charge < -0.3 is 34.7 Å². The van der Waals surface area contributed by atoms with E-state index in [0.29, 0.717) is 12.6 Å². The molecule has 2 fully saturated rings. The molecule has 7 rings (SSSR count). The van der Waals surface area contributed by atoms with Crippen molar-refractivity contribution < 1.29 is 18.7 Å². The van der Waals surface area contributed by atoms with E-state index >= 15 is 0 Å². The highest BCUT2D eigenvalue weighted by molar-refractivity contribution is 7.22. The predicted octanol–water partition coefficient (Wildman–Crippen LogP) is 6.41. The first-order chi connectivity index (χ1) is 21.9. The Balaban J connectivity index is 1.04. The third kappa shape index (κ3) is 5.75. The van der Waals surface area contributed by atoms with Gasteiger partial charge in [-0.3, -0.25) is 4.79 Å². The minimum absolute atomic E-state index is 0.0842. The zero-order valence-electron chi connectivity index (χ0n) is 25.6. The second kappa shape index (κ2) is 12.2. The lowest BCUT2D eigenvalue weighted by Crippen LogP contribution is -2.51. The second-order valence-corrected chi connectivity index (χ2v) is 13.2. The van der Waals surface area contributed by atoms with Crippen molar-refractivity contribution in [2.24, 2.45) is 5.92 Å². The van der Waals surface area contributed by atoms with Crippen molar-refractivity contribution in [2.45, 2.75) is 57.7 Å². The van der Waals surface area contributed by atoms with E-state index in [-0.39, 0.29) is 17.9 Å². The number of nitrogens with one attached hydrogen (secondary N) is 4. The summed E-state index contributed by atoms with van der Waals surface area (Å²) in [6.45, 7) is 5.47. The fourth-order valence-corrected chi connectivity index (χ4v) is 7.31. The number of furan rings is 1. The Labute approximate surface area is 264 Å². The van der Waals surface area contributed by atoms with Gasteiger partial charge in [0.25, 0.3) is 0 Å². The van der Waals surface area contributed by atoms with E-state index in [4.69, 9.17) is 9.15 Å². The maximum Gasteiger partial charge on any atom is 0.407 e. The number of nitrogens with zero attached hydrogens (tertiary/aromatic N) is 3. The maximum atomic E-state index is 13.5. The van der Waals surface area contributed by atoms with Crippen LogP contribution >= 0.6 is 11.3 Å². The lowest BCUT2D eigenvalue weighted by molar-refractivity contribution is -0.135. The molecule has 0 spiro atoms. The summed E-state index contributed by atoms with van der Waals surface area (Å²) in [7, 11) is 1.30. The molecule has 4 N–H and O–H groups in total. The second-order valence-electron chi connectivity index (χ2n) is 12.1. The van der Waals surface area contributed by atoms with Crippen LogP contribution in [0.5, 0.6) is 0 Å². The Hall–Kier alpha value is -4.42. The number of alkyl carbamates (subject to hydrolysis) is 1. The Kier molecular flexibility index (Phi) is 7.92. The van der Waals surface area contributed by atoms with E-state index in [1.165, 1.54) is 13.5 Å². The van der Waals surface area contributed by atoms with Gasteiger partial charge in [-0.15, -0.1) is 11.3 Å². The fourth-order valence-electron chi connectivity index (χ4n) is 6.33. The standard InChI is InChI=1S/C33H37N7O4S/c1-18(2)29(39-33(42)43-3)32(41)40-13-5-7-24(40)31-36-16-22(37-31)19-8-10-20(11-9-19)25-14-28-26(44-25)15-27(45-28)23-17-35-30(38-23)21-6-4-12-34-21/h8-11,14-18,21,24,29,34H,4-7,12-13H2,1-3H3,(H,35,38)(H,36,37)(H,39,42)/t21?,24?,29-/m0/s1. The normalized spacial score (nSPS) is 19.1. The third-order valence-electron chi connectivity index (χ3n) is 8.78. The van der Waals surface area contributed by atoms with Gasteiger partial charge in [0.1, 0.15) is 29.0 Å². The molecule has 1 aromatic carbocycles. The van der Waals surface area contributed by atoms with Crippen molar-refractivity contribution in [3.63, 3.8) is 0 Å². The zero-order chi connectivity index (χ0) is 31.1. The van der Waals surface area contributed by atoms with Gasteiger partial charge in [-0.05, 0) is 43.7 Å². The molecule has 11 nitrogen and oxygen atoms in total. The topological polar surface area (TPSA) is 141 Å². The number of thiophene rings is 1. The molecular weight excluding hydrogens is 590 g/mol. The molecule has 0 radical (unpaired) electrons. The van der Waals surface area contributed by atoms with E-state index in [1.807, 2.05) is 55.4 Å². The number of aromatic amines is 2. The first kappa shape index (κ1) is 29.3. The Morgan fingerprint density at radius 1 is 1.02 bits per heavy atom. The average molecular weight is 628 g/mol. The molecule has 0 aliphatic carbocycles.